The molecule has 0 fully saturated rings. The Morgan fingerprint density at radius 1 is 0.690 bits per heavy atom. The van der Waals surface area contributed by atoms with Gasteiger partial charge >= 0.3 is 11.9 Å². The molecule has 0 spiro atoms. The number of carbonyl (C=O) groups is 4. The van der Waals surface area contributed by atoms with E-state index >= 15 is 0 Å². The molecule has 0 radical (unpaired) electrons. The maximum atomic E-state index is 13.4. The summed E-state index contributed by atoms with van der Waals surface area (Å²) in [6.07, 6.45) is 0. The van der Waals surface area contributed by atoms with E-state index in [9.17, 15) is 19.2 Å². The van der Waals surface area contributed by atoms with Crippen molar-refractivity contribution in [1.82, 2.24) is 0 Å². The van der Waals surface area contributed by atoms with E-state index in [0.29, 0.717) is 20.9 Å². The fourth-order valence-corrected chi connectivity index (χ4v) is 3.67. The lowest BCUT2D eigenvalue weighted by atomic mass is 9.83. The average Bonchev–Trinajstić information content (AvgIpc) is 2.66. The first-order chi connectivity index (χ1) is 13.8. The Labute approximate surface area is 165 Å². The van der Waals surface area contributed by atoms with Crippen LogP contribution in [0.4, 0.5) is 0 Å². The smallest absolute Gasteiger partial charge is 0.308 e. The van der Waals surface area contributed by atoms with Crippen molar-refractivity contribution >= 4 is 46.2 Å². The Kier molecular flexibility index (Phi) is 4.27. The highest BCUT2D eigenvalue weighted by atomic mass is 16.5. The number of carbonyl (C=O) groups excluding carboxylic acids is 4. The molecule has 2 aliphatic rings. The molecule has 6 nitrogen and oxygen atoms in total. The summed E-state index contributed by atoms with van der Waals surface area (Å²) in [4.78, 5) is 50.0. The molecule has 0 saturated carbocycles. The number of hydrogen-bond donors (Lipinski definition) is 0. The predicted molar refractivity (Wildman–Crippen MR) is 103 cm³/mol. The third-order valence-electron chi connectivity index (χ3n) is 4.74. The molecule has 0 heterocycles. The van der Waals surface area contributed by atoms with E-state index in [1.165, 1.54) is 13.8 Å². The van der Waals surface area contributed by atoms with Crippen LogP contribution < -0.4 is 20.9 Å². The van der Waals surface area contributed by atoms with Gasteiger partial charge in [-0.15, -0.1) is 0 Å². The molecule has 0 saturated heterocycles. The van der Waals surface area contributed by atoms with Crippen molar-refractivity contribution in [2.45, 2.75) is 20.8 Å². The normalized spacial score (nSPS) is 14.9. The molecule has 4 rings (SSSR count). The van der Waals surface area contributed by atoms with E-state index in [1.54, 1.807) is 42.5 Å². The van der Waals surface area contributed by atoms with E-state index in [2.05, 4.69) is 0 Å². The van der Waals surface area contributed by atoms with Gasteiger partial charge in [-0.2, -0.15) is 0 Å². The lowest BCUT2D eigenvalue weighted by molar-refractivity contribution is -0.136. The Morgan fingerprint density at radius 2 is 1.17 bits per heavy atom. The van der Waals surface area contributed by atoms with Gasteiger partial charge in [-0.05, 0) is 23.4 Å². The van der Waals surface area contributed by atoms with Crippen LogP contribution in [0.25, 0.3) is 22.7 Å². The standard InChI is InChI=1S/C23H16O6/c1-11-8-9-15-17(10-11)23(29-13(3)25)21(27)18-14-6-4-5-7-16(14)22(28-12(2)24)20(26)19(15)18/h4-10H,1-3H3. The predicted octanol–water partition coefficient (Wildman–Crippen LogP) is -0.495. The van der Waals surface area contributed by atoms with Crippen molar-refractivity contribution < 1.29 is 28.7 Å². The molecule has 144 valence electrons. The van der Waals surface area contributed by atoms with Crippen LogP contribution >= 0.6 is 0 Å². The lowest BCUT2D eigenvalue weighted by Crippen LogP contribution is -2.47. The Balaban J connectivity index is 2.26. The number of ether oxygens (including phenoxy) is 2. The van der Waals surface area contributed by atoms with E-state index < -0.39 is 23.5 Å². The molecular weight excluding hydrogens is 372 g/mol. The first-order valence-corrected chi connectivity index (χ1v) is 8.95. The van der Waals surface area contributed by atoms with Gasteiger partial charge in [0.2, 0.25) is 11.6 Å². The van der Waals surface area contributed by atoms with Gasteiger partial charge in [0.1, 0.15) is 0 Å². The molecule has 0 atom stereocenters. The van der Waals surface area contributed by atoms with Crippen LogP contribution in [0.1, 0.15) is 19.4 Å². The van der Waals surface area contributed by atoms with Crippen LogP contribution in [0.15, 0.2) is 42.5 Å². The number of hydrogen-bond acceptors (Lipinski definition) is 6. The lowest BCUT2D eigenvalue weighted by Gasteiger charge is -2.22. The highest BCUT2D eigenvalue weighted by molar-refractivity contribution is 6.58. The molecule has 2 aromatic rings. The molecule has 29 heavy (non-hydrogen) atoms. The zero-order valence-electron chi connectivity index (χ0n) is 16.0. The van der Waals surface area contributed by atoms with Crippen LogP contribution in [-0.4, -0.2) is 23.5 Å². The number of rotatable bonds is 2. The summed E-state index contributed by atoms with van der Waals surface area (Å²) in [6.45, 7) is 4.25. The summed E-state index contributed by atoms with van der Waals surface area (Å²) in [7, 11) is 0. The Morgan fingerprint density at radius 3 is 1.72 bits per heavy atom. The van der Waals surface area contributed by atoms with Crippen LogP contribution in [-0.2, 0) is 28.7 Å². The van der Waals surface area contributed by atoms with E-state index in [4.69, 9.17) is 9.47 Å². The summed E-state index contributed by atoms with van der Waals surface area (Å²) >= 11 is 0. The van der Waals surface area contributed by atoms with Crippen molar-refractivity contribution in [3.05, 3.63) is 68.9 Å². The average molecular weight is 388 g/mol. The minimum Gasteiger partial charge on any atom is -0.422 e. The molecule has 0 bridgehead atoms. The molecule has 2 aromatic carbocycles. The molecule has 0 aromatic heterocycles. The largest absolute Gasteiger partial charge is 0.422 e. The first-order valence-electron chi connectivity index (χ1n) is 8.95. The highest BCUT2D eigenvalue weighted by Gasteiger charge is 2.36. The summed E-state index contributed by atoms with van der Waals surface area (Å²) < 4.78 is 10.5. The molecule has 0 N–H and O–H groups in total. The van der Waals surface area contributed by atoms with Gasteiger partial charge in [0.05, 0.1) is 0 Å². The van der Waals surface area contributed by atoms with Crippen LogP contribution in [0.2, 0.25) is 0 Å². The number of Topliss-reactive ketones (excluding diaryl/α,β-unsaturated/α-hetero) is 2. The monoisotopic (exact) mass is 388 g/mol. The van der Waals surface area contributed by atoms with E-state index in [1.807, 2.05) is 6.92 Å². The molecule has 0 amide bonds. The summed E-state index contributed by atoms with van der Waals surface area (Å²) in [5.41, 5.74) is 1.10. The second-order valence-corrected chi connectivity index (χ2v) is 6.85. The van der Waals surface area contributed by atoms with E-state index in [0.717, 1.165) is 5.56 Å². The van der Waals surface area contributed by atoms with Crippen LogP contribution in [0.5, 0.6) is 0 Å². The van der Waals surface area contributed by atoms with Crippen molar-refractivity contribution in [3.63, 3.8) is 0 Å². The van der Waals surface area contributed by atoms with Gasteiger partial charge in [-0.1, -0.05) is 42.0 Å². The second kappa shape index (κ2) is 6.67. The number of benzene rings is 2. The van der Waals surface area contributed by atoms with Crippen LogP contribution in [0, 0.1) is 6.92 Å². The fourth-order valence-electron chi connectivity index (χ4n) is 3.67. The molecule has 6 heteroatoms. The second-order valence-electron chi connectivity index (χ2n) is 6.85. The maximum absolute atomic E-state index is 13.4. The quantitative estimate of drug-likeness (QED) is 0.645. The molecular formula is C23H16O6. The summed E-state index contributed by atoms with van der Waals surface area (Å²) in [5.74, 6) is -2.63. The zero-order valence-corrected chi connectivity index (χ0v) is 16.0. The minimum absolute atomic E-state index is 0.117. The SMILES string of the molecule is CC(=O)OC1=c2ccccc2=C2C(=O)C(OC(C)=O)=c3cc(C)ccc3=C2C1=O. The summed E-state index contributed by atoms with van der Waals surface area (Å²) in [6, 6.07) is 11.9. The number of fused-ring (bicyclic) bond motifs is 3. The van der Waals surface area contributed by atoms with Crippen molar-refractivity contribution in [2.24, 2.45) is 0 Å². The zero-order chi connectivity index (χ0) is 20.9. The van der Waals surface area contributed by atoms with Gasteiger partial charge < -0.3 is 9.47 Å². The molecule has 0 aliphatic heterocycles. The molecule has 0 unspecified atom stereocenters. The van der Waals surface area contributed by atoms with Crippen LogP contribution in [0.3, 0.4) is 0 Å². The van der Waals surface area contributed by atoms with Gasteiger partial charge in [0.15, 0.2) is 11.5 Å². The number of aryl methyl sites for hydroxylation is 1. The van der Waals surface area contributed by atoms with Gasteiger partial charge in [-0.3, -0.25) is 19.2 Å². The Bertz CT molecular complexity index is 1390. The minimum atomic E-state index is -0.634. The van der Waals surface area contributed by atoms with Crippen molar-refractivity contribution in [2.75, 3.05) is 0 Å². The summed E-state index contributed by atoms with van der Waals surface area (Å²) in [5, 5.41) is 1.60. The molecule has 2 aliphatic carbocycles. The van der Waals surface area contributed by atoms with Crippen molar-refractivity contribution in [3.8, 4) is 0 Å². The van der Waals surface area contributed by atoms with Crippen molar-refractivity contribution in [1.29, 1.82) is 0 Å². The highest BCUT2D eigenvalue weighted by Crippen LogP contribution is 2.25. The fraction of sp³-hybridized carbons (Fsp3) is 0.130. The topological polar surface area (TPSA) is 86.7 Å². The third kappa shape index (κ3) is 2.89. The Hall–Kier alpha value is -3.80. The maximum Gasteiger partial charge on any atom is 0.308 e. The van der Waals surface area contributed by atoms with E-state index in [-0.39, 0.29) is 22.7 Å². The van der Waals surface area contributed by atoms with Gasteiger partial charge in [-0.25, -0.2) is 0 Å². The number of ketones is 2. The van der Waals surface area contributed by atoms with Gasteiger partial charge in [0.25, 0.3) is 0 Å². The van der Waals surface area contributed by atoms with Gasteiger partial charge in [0, 0.05) is 35.4 Å². The number of esters is 2. The third-order valence-corrected chi connectivity index (χ3v) is 4.74. The first kappa shape index (κ1) is 18.6.